The van der Waals surface area contributed by atoms with Crippen molar-refractivity contribution in [3.63, 3.8) is 0 Å². The number of hydrogen-bond acceptors (Lipinski definition) is 3. The normalized spacial score (nSPS) is 10.8. The van der Waals surface area contributed by atoms with Gasteiger partial charge in [-0.25, -0.2) is 0 Å². The zero-order chi connectivity index (χ0) is 21.8. The maximum Gasteiger partial charge on any atom is 0.260 e. The van der Waals surface area contributed by atoms with Crippen molar-refractivity contribution >= 4 is 29.1 Å². The summed E-state index contributed by atoms with van der Waals surface area (Å²) in [5.74, 6) is 0.222. The molecule has 6 heteroatoms. The summed E-state index contributed by atoms with van der Waals surface area (Å²) in [5, 5.41) is 4.95. The molecular weight excluding hydrogens is 431 g/mol. The first-order chi connectivity index (χ1) is 15.0. The molecule has 1 amide bonds. The second-order valence-electron chi connectivity index (χ2n) is 7.19. The minimum absolute atomic E-state index is 0.197. The van der Waals surface area contributed by atoms with E-state index in [9.17, 15) is 4.79 Å². The van der Waals surface area contributed by atoms with Crippen LogP contribution in [0.25, 0.3) is 11.3 Å². The van der Waals surface area contributed by atoms with Gasteiger partial charge in [0.1, 0.15) is 17.0 Å². The van der Waals surface area contributed by atoms with Crippen LogP contribution in [0, 0.1) is 6.92 Å². The van der Waals surface area contributed by atoms with Crippen molar-refractivity contribution in [3.05, 3.63) is 111 Å². The molecule has 3 aromatic carbocycles. The predicted molar refractivity (Wildman–Crippen MR) is 123 cm³/mol. The molecule has 0 atom stereocenters. The molecule has 1 heterocycles. The van der Waals surface area contributed by atoms with Crippen molar-refractivity contribution in [3.8, 4) is 11.3 Å². The monoisotopic (exact) mass is 450 g/mol. The fourth-order valence-electron chi connectivity index (χ4n) is 3.48. The minimum Gasteiger partial charge on any atom is -0.360 e. The van der Waals surface area contributed by atoms with E-state index in [0.717, 1.165) is 11.1 Å². The number of hydrogen-bond donors (Lipinski definition) is 0. The van der Waals surface area contributed by atoms with Crippen LogP contribution in [0.1, 0.15) is 27.2 Å². The van der Waals surface area contributed by atoms with Gasteiger partial charge in [-0.3, -0.25) is 4.79 Å². The van der Waals surface area contributed by atoms with Gasteiger partial charge in [0.25, 0.3) is 5.91 Å². The summed E-state index contributed by atoms with van der Waals surface area (Å²) >= 11 is 12.8. The quantitative estimate of drug-likeness (QED) is 0.324. The zero-order valence-electron chi connectivity index (χ0n) is 16.9. The lowest BCUT2D eigenvalue weighted by atomic mass is 10.0. The molecule has 0 aliphatic rings. The van der Waals surface area contributed by atoms with Gasteiger partial charge in [-0.1, -0.05) is 95.1 Å². The van der Waals surface area contributed by atoms with Gasteiger partial charge in [0.15, 0.2) is 0 Å². The number of amides is 1. The van der Waals surface area contributed by atoms with Crippen LogP contribution in [0.4, 0.5) is 0 Å². The Morgan fingerprint density at radius 1 is 0.839 bits per heavy atom. The predicted octanol–water partition coefficient (Wildman–Crippen LogP) is 6.80. The van der Waals surface area contributed by atoms with E-state index in [1.807, 2.05) is 60.7 Å². The number of aromatic nitrogens is 1. The summed E-state index contributed by atoms with van der Waals surface area (Å²) < 4.78 is 5.42. The van der Waals surface area contributed by atoms with Crippen molar-refractivity contribution in [1.82, 2.24) is 10.1 Å². The SMILES string of the molecule is Cc1onc(-c2c(Cl)cccc2Cl)c1C(=O)N(Cc1ccccc1)Cc1ccccc1. The first-order valence-electron chi connectivity index (χ1n) is 9.82. The van der Waals surface area contributed by atoms with Gasteiger partial charge in [-0.15, -0.1) is 0 Å². The molecule has 31 heavy (non-hydrogen) atoms. The molecule has 4 rings (SSSR count). The maximum atomic E-state index is 13.8. The van der Waals surface area contributed by atoms with Crippen molar-refractivity contribution in [1.29, 1.82) is 0 Å². The highest BCUT2D eigenvalue weighted by molar-refractivity contribution is 6.39. The summed E-state index contributed by atoms with van der Waals surface area (Å²) in [7, 11) is 0. The molecule has 1 aromatic heterocycles. The Labute approximate surface area is 191 Å². The van der Waals surface area contributed by atoms with E-state index in [2.05, 4.69) is 5.16 Å². The molecule has 0 unspecified atom stereocenters. The van der Waals surface area contributed by atoms with Crippen LogP contribution in [0.3, 0.4) is 0 Å². The van der Waals surface area contributed by atoms with Gasteiger partial charge < -0.3 is 9.42 Å². The topological polar surface area (TPSA) is 46.3 Å². The van der Waals surface area contributed by atoms with Crippen LogP contribution in [0.2, 0.25) is 10.0 Å². The number of carbonyl (C=O) groups is 1. The highest BCUT2D eigenvalue weighted by Gasteiger charge is 2.28. The Hall–Kier alpha value is -3.08. The number of aryl methyl sites for hydroxylation is 1. The average molecular weight is 451 g/mol. The van der Waals surface area contributed by atoms with Crippen LogP contribution in [0.15, 0.2) is 83.4 Å². The van der Waals surface area contributed by atoms with Crippen LogP contribution >= 0.6 is 23.2 Å². The molecule has 0 saturated heterocycles. The standard InChI is InChI=1S/C25H20Cl2N2O2/c1-17-22(24(28-31-17)23-20(26)13-8-14-21(23)27)25(30)29(15-18-9-4-2-5-10-18)16-19-11-6-3-7-12-19/h2-14H,15-16H2,1H3. The van der Waals surface area contributed by atoms with Crippen LogP contribution in [0.5, 0.6) is 0 Å². The highest BCUT2D eigenvalue weighted by Crippen LogP contribution is 2.37. The van der Waals surface area contributed by atoms with E-state index in [-0.39, 0.29) is 5.91 Å². The van der Waals surface area contributed by atoms with Crippen molar-refractivity contribution < 1.29 is 9.32 Å². The molecule has 0 aliphatic heterocycles. The lowest BCUT2D eigenvalue weighted by Crippen LogP contribution is -2.30. The van der Waals surface area contributed by atoms with E-state index < -0.39 is 0 Å². The molecule has 0 aliphatic carbocycles. The van der Waals surface area contributed by atoms with E-state index in [4.69, 9.17) is 27.7 Å². The van der Waals surface area contributed by atoms with Crippen LogP contribution in [-0.2, 0) is 13.1 Å². The minimum atomic E-state index is -0.197. The van der Waals surface area contributed by atoms with Gasteiger partial charge in [0.05, 0.1) is 10.0 Å². The second kappa shape index (κ2) is 9.38. The molecule has 0 bridgehead atoms. The van der Waals surface area contributed by atoms with E-state index in [0.29, 0.717) is 45.7 Å². The third kappa shape index (κ3) is 4.66. The molecule has 4 nitrogen and oxygen atoms in total. The number of rotatable bonds is 6. The second-order valence-corrected chi connectivity index (χ2v) is 8.01. The molecule has 4 aromatic rings. The van der Waals surface area contributed by atoms with Crippen molar-refractivity contribution in [2.75, 3.05) is 0 Å². The highest BCUT2D eigenvalue weighted by atomic mass is 35.5. The Morgan fingerprint density at radius 3 is 1.87 bits per heavy atom. The molecule has 0 radical (unpaired) electrons. The summed E-state index contributed by atoms with van der Waals surface area (Å²) in [6.45, 7) is 2.60. The van der Waals surface area contributed by atoms with Crippen LogP contribution < -0.4 is 0 Å². The fourth-order valence-corrected chi connectivity index (χ4v) is 4.06. The first kappa shape index (κ1) is 21.2. The first-order valence-corrected chi connectivity index (χ1v) is 10.6. The summed E-state index contributed by atoms with van der Waals surface area (Å²) in [5.41, 5.74) is 3.26. The zero-order valence-corrected chi connectivity index (χ0v) is 18.4. The molecule has 0 saturated carbocycles. The number of nitrogens with zero attached hydrogens (tertiary/aromatic N) is 2. The number of carbonyl (C=O) groups excluding carboxylic acids is 1. The molecule has 0 N–H and O–H groups in total. The Balaban J connectivity index is 1.76. The average Bonchev–Trinajstić information content (AvgIpc) is 3.15. The van der Waals surface area contributed by atoms with Gasteiger partial charge in [-0.2, -0.15) is 0 Å². The Morgan fingerprint density at radius 2 is 1.35 bits per heavy atom. The van der Waals surface area contributed by atoms with E-state index in [1.165, 1.54) is 0 Å². The lowest BCUT2D eigenvalue weighted by molar-refractivity contribution is 0.0729. The molecule has 0 spiro atoms. The smallest absolute Gasteiger partial charge is 0.260 e. The Kier molecular flexibility index (Phi) is 6.40. The van der Waals surface area contributed by atoms with Gasteiger partial charge >= 0.3 is 0 Å². The molecule has 0 fully saturated rings. The van der Waals surface area contributed by atoms with Crippen molar-refractivity contribution in [2.45, 2.75) is 20.0 Å². The lowest BCUT2D eigenvalue weighted by Gasteiger charge is -2.23. The molecular formula is C25H20Cl2N2O2. The van der Waals surface area contributed by atoms with E-state index >= 15 is 0 Å². The fraction of sp³-hybridized carbons (Fsp3) is 0.120. The van der Waals surface area contributed by atoms with Gasteiger partial charge in [-0.05, 0) is 30.2 Å². The summed E-state index contributed by atoms with van der Waals surface area (Å²) in [6.07, 6.45) is 0. The van der Waals surface area contributed by atoms with E-state index in [1.54, 1.807) is 30.0 Å². The Bertz CT molecular complexity index is 1130. The maximum absolute atomic E-state index is 13.8. The largest absolute Gasteiger partial charge is 0.360 e. The number of benzene rings is 3. The van der Waals surface area contributed by atoms with Crippen molar-refractivity contribution in [2.24, 2.45) is 0 Å². The molecule has 156 valence electrons. The van der Waals surface area contributed by atoms with Gasteiger partial charge in [0.2, 0.25) is 0 Å². The summed E-state index contributed by atoms with van der Waals surface area (Å²) in [6, 6.07) is 24.9. The third-order valence-electron chi connectivity index (χ3n) is 5.00. The van der Waals surface area contributed by atoms with Gasteiger partial charge in [0, 0.05) is 18.7 Å². The number of halogens is 2. The van der Waals surface area contributed by atoms with Crippen LogP contribution in [-0.4, -0.2) is 16.0 Å². The third-order valence-corrected chi connectivity index (χ3v) is 5.63. The summed E-state index contributed by atoms with van der Waals surface area (Å²) in [4.78, 5) is 15.6.